The van der Waals surface area contributed by atoms with Crippen molar-refractivity contribution in [3.8, 4) is 5.75 Å². The molecule has 0 aliphatic heterocycles. The Morgan fingerprint density at radius 3 is 2.48 bits per heavy atom. The van der Waals surface area contributed by atoms with Gasteiger partial charge in [0.25, 0.3) is 0 Å². The number of aromatic carboxylic acids is 1. The minimum atomic E-state index is -3.82. The number of hydrogen-bond donors (Lipinski definition) is 1. The van der Waals surface area contributed by atoms with Gasteiger partial charge in [-0.1, -0.05) is 25.1 Å². The van der Waals surface area contributed by atoms with Gasteiger partial charge in [-0.05, 0) is 54.6 Å². The van der Waals surface area contributed by atoms with Crippen molar-refractivity contribution in [2.75, 3.05) is 19.8 Å². The first-order valence-electron chi connectivity index (χ1n) is 10.4. The molecule has 0 saturated heterocycles. The van der Waals surface area contributed by atoms with Crippen LogP contribution in [0.1, 0.15) is 35.0 Å². The number of carboxylic acid groups (broad SMARTS) is 1. The summed E-state index contributed by atoms with van der Waals surface area (Å²) in [4.78, 5) is 15.4. The summed E-state index contributed by atoms with van der Waals surface area (Å²) >= 11 is 5.01. The lowest BCUT2D eigenvalue weighted by Gasteiger charge is -2.18. The van der Waals surface area contributed by atoms with Crippen molar-refractivity contribution >= 4 is 54.7 Å². The van der Waals surface area contributed by atoms with E-state index in [4.69, 9.17) is 4.18 Å². The first-order valence-corrected chi connectivity index (χ1v) is 13.7. The second-order valence-corrected chi connectivity index (χ2v) is 11.5. The third kappa shape index (κ3) is 5.74. The van der Waals surface area contributed by atoms with Gasteiger partial charge < -0.3 is 18.8 Å². The Morgan fingerprint density at radius 1 is 1.24 bits per heavy atom. The monoisotopic (exact) mass is 554 g/mol. The zero-order chi connectivity index (χ0) is 24.3. The minimum absolute atomic E-state index is 0.127. The van der Waals surface area contributed by atoms with E-state index in [0.29, 0.717) is 45.4 Å². The second-order valence-electron chi connectivity index (χ2n) is 7.93. The van der Waals surface area contributed by atoms with Crippen LogP contribution in [-0.4, -0.2) is 48.8 Å². The van der Waals surface area contributed by atoms with Crippen LogP contribution in [0.2, 0.25) is 0 Å². The Morgan fingerprint density at radius 2 is 1.91 bits per heavy atom. The Hall–Kier alpha value is -2.01. The van der Waals surface area contributed by atoms with E-state index in [0.717, 1.165) is 4.90 Å². The number of aryl methyl sites for hydroxylation is 1. The summed E-state index contributed by atoms with van der Waals surface area (Å²) in [6, 6.07) is 11.5. The zero-order valence-electron chi connectivity index (χ0n) is 19.0. The van der Waals surface area contributed by atoms with Gasteiger partial charge in [0, 0.05) is 40.9 Å². The fourth-order valence-electron chi connectivity index (χ4n) is 3.71. The van der Waals surface area contributed by atoms with Crippen molar-refractivity contribution in [2.24, 2.45) is 7.05 Å². The molecule has 0 radical (unpaired) electrons. The van der Waals surface area contributed by atoms with Crippen LogP contribution in [-0.2, 0) is 29.5 Å². The van der Waals surface area contributed by atoms with Crippen LogP contribution in [0.5, 0.6) is 5.75 Å². The summed E-state index contributed by atoms with van der Waals surface area (Å²) in [7, 11) is 1.69. The van der Waals surface area contributed by atoms with E-state index in [1.54, 1.807) is 24.8 Å². The van der Waals surface area contributed by atoms with Crippen molar-refractivity contribution < 1.29 is 22.5 Å². The van der Waals surface area contributed by atoms with E-state index in [1.807, 2.05) is 60.9 Å². The van der Waals surface area contributed by atoms with Crippen molar-refractivity contribution in [1.82, 2.24) is 9.47 Å². The van der Waals surface area contributed by atoms with Crippen molar-refractivity contribution in [2.45, 2.75) is 30.5 Å². The number of fused-ring (bicyclic) bond motifs is 1. The predicted molar refractivity (Wildman–Crippen MR) is 136 cm³/mol. The van der Waals surface area contributed by atoms with Gasteiger partial charge in [-0.25, -0.2) is 4.79 Å². The molecule has 0 atom stereocenters. The topological polar surface area (TPSA) is 88.8 Å². The number of nitrogens with zero attached hydrogens (tertiary/aromatic N) is 2. The summed E-state index contributed by atoms with van der Waals surface area (Å²) in [6.45, 7) is 2.07. The lowest BCUT2D eigenvalue weighted by molar-refractivity contribution is 0.0697. The molecule has 0 saturated carbocycles. The van der Waals surface area contributed by atoms with Gasteiger partial charge in [0.15, 0.2) is 5.75 Å². The lowest BCUT2D eigenvalue weighted by atomic mass is 10.0. The van der Waals surface area contributed by atoms with Crippen LogP contribution in [0.3, 0.4) is 0 Å². The van der Waals surface area contributed by atoms with Gasteiger partial charge in [0.1, 0.15) is 0 Å². The Bertz CT molecular complexity index is 1270. The standard InChI is InChI=1S/C23H27BrN2O5S2/c1-5-11-33(29,30)31-22-16(13-25(2)3)20-18(12-17(22)24)26(4)19(21(20)23(27)28)14-32-15-9-7-6-8-10-15/h6-10,12H,5,11,13-14H2,1-4H3,(H,27,28). The van der Waals surface area contributed by atoms with E-state index in [9.17, 15) is 18.3 Å². The summed E-state index contributed by atoms with van der Waals surface area (Å²) in [5, 5.41) is 10.7. The maximum absolute atomic E-state index is 12.5. The normalized spacial score (nSPS) is 11.9. The second kappa shape index (κ2) is 10.5. The molecule has 1 N–H and O–H groups in total. The number of carbonyl (C=O) groups is 1. The van der Waals surface area contributed by atoms with Gasteiger partial charge in [-0.2, -0.15) is 8.42 Å². The average Bonchev–Trinajstić information content (AvgIpc) is 3.01. The summed E-state index contributed by atoms with van der Waals surface area (Å²) in [5.74, 6) is -0.604. The Kier molecular flexibility index (Phi) is 8.15. The molecule has 1 aromatic heterocycles. The number of hydrogen-bond acceptors (Lipinski definition) is 6. The van der Waals surface area contributed by atoms with Crippen LogP contribution in [0, 0.1) is 0 Å². The van der Waals surface area contributed by atoms with Gasteiger partial charge >= 0.3 is 16.1 Å². The fraction of sp³-hybridized carbons (Fsp3) is 0.348. The summed E-state index contributed by atoms with van der Waals surface area (Å²) < 4.78 is 32.8. The molecular weight excluding hydrogens is 528 g/mol. The molecule has 3 aromatic rings. The largest absolute Gasteiger partial charge is 0.478 e. The first-order chi connectivity index (χ1) is 15.6. The average molecular weight is 556 g/mol. The Labute approximate surface area is 207 Å². The van der Waals surface area contributed by atoms with Gasteiger partial charge in [0.05, 0.1) is 21.3 Å². The van der Waals surface area contributed by atoms with Crippen molar-refractivity contribution in [3.63, 3.8) is 0 Å². The van der Waals surface area contributed by atoms with Crippen LogP contribution in [0.25, 0.3) is 10.9 Å². The number of halogens is 1. The van der Waals surface area contributed by atoms with Crippen molar-refractivity contribution in [1.29, 1.82) is 0 Å². The smallest absolute Gasteiger partial charge is 0.338 e. The minimum Gasteiger partial charge on any atom is -0.478 e. The van der Waals surface area contributed by atoms with Gasteiger partial charge in [-0.15, -0.1) is 11.8 Å². The van der Waals surface area contributed by atoms with Crippen LogP contribution in [0.15, 0.2) is 45.8 Å². The first kappa shape index (κ1) is 25.6. The van der Waals surface area contributed by atoms with E-state index in [1.165, 1.54) is 0 Å². The van der Waals surface area contributed by atoms with Crippen molar-refractivity contribution in [3.05, 3.63) is 57.7 Å². The highest BCUT2D eigenvalue weighted by atomic mass is 79.9. The quantitative estimate of drug-likeness (QED) is 0.275. The van der Waals surface area contributed by atoms with E-state index < -0.39 is 16.1 Å². The third-order valence-corrected chi connectivity index (χ3v) is 8.03. The molecule has 0 fully saturated rings. The van der Waals surface area contributed by atoms with Gasteiger partial charge in [-0.3, -0.25) is 0 Å². The molecule has 0 aliphatic carbocycles. The maximum Gasteiger partial charge on any atom is 0.338 e. The number of rotatable bonds is 10. The molecule has 0 aliphatic rings. The van der Waals surface area contributed by atoms with Crippen LogP contribution < -0.4 is 4.18 Å². The number of carboxylic acids is 1. The molecule has 7 nitrogen and oxygen atoms in total. The number of benzene rings is 2. The highest BCUT2D eigenvalue weighted by Gasteiger charge is 2.28. The maximum atomic E-state index is 12.5. The highest BCUT2D eigenvalue weighted by Crippen LogP contribution is 2.42. The van der Waals surface area contributed by atoms with E-state index in [-0.39, 0.29) is 17.1 Å². The predicted octanol–water partition coefficient (Wildman–Crippen LogP) is 5.11. The molecule has 0 bridgehead atoms. The molecule has 1 heterocycles. The molecule has 3 rings (SSSR count). The molecular formula is C23H27BrN2O5S2. The van der Waals surface area contributed by atoms with E-state index >= 15 is 0 Å². The third-order valence-electron chi connectivity index (χ3n) is 5.09. The molecule has 0 unspecified atom stereocenters. The van der Waals surface area contributed by atoms with E-state index in [2.05, 4.69) is 15.9 Å². The number of aromatic nitrogens is 1. The highest BCUT2D eigenvalue weighted by molar-refractivity contribution is 9.10. The summed E-state index contributed by atoms with van der Waals surface area (Å²) in [5.41, 5.74) is 2.03. The molecule has 10 heteroatoms. The Balaban J connectivity index is 2.25. The molecule has 0 amide bonds. The molecule has 2 aromatic carbocycles. The molecule has 33 heavy (non-hydrogen) atoms. The van der Waals surface area contributed by atoms with Crippen LogP contribution >= 0.6 is 27.7 Å². The lowest BCUT2D eigenvalue weighted by Crippen LogP contribution is -2.17. The molecule has 0 spiro atoms. The molecule has 178 valence electrons. The summed E-state index contributed by atoms with van der Waals surface area (Å²) in [6.07, 6.45) is 0.414. The fourth-order valence-corrected chi connectivity index (χ4v) is 6.38. The number of thioether (sulfide) groups is 1. The van der Waals surface area contributed by atoms with Crippen LogP contribution in [0.4, 0.5) is 0 Å². The SMILES string of the molecule is CCCS(=O)(=O)Oc1c(Br)cc2c(c1CN(C)C)c(C(=O)O)c(CSc1ccccc1)n2C. The van der Waals surface area contributed by atoms with Gasteiger partial charge in [0.2, 0.25) is 0 Å². The zero-order valence-corrected chi connectivity index (χ0v) is 22.2.